The Morgan fingerprint density at radius 3 is 2.22 bits per heavy atom. The van der Waals surface area contributed by atoms with Crippen LogP contribution < -0.4 is 10.1 Å². The fraction of sp³-hybridized carbons (Fsp3) is 0.385. The summed E-state index contributed by atoms with van der Waals surface area (Å²) in [5.41, 5.74) is 4.24. The summed E-state index contributed by atoms with van der Waals surface area (Å²) in [7, 11) is 0. The molecule has 0 bridgehead atoms. The molecule has 170 valence electrons. The molecule has 0 spiro atoms. The van der Waals surface area contributed by atoms with E-state index >= 15 is 0 Å². The fourth-order valence-corrected chi connectivity index (χ4v) is 3.54. The van der Waals surface area contributed by atoms with Crippen LogP contribution in [0.3, 0.4) is 0 Å². The largest absolute Gasteiger partial charge is 0.491 e. The Hall–Kier alpha value is -3.12. The van der Waals surface area contributed by atoms with Crippen molar-refractivity contribution in [3.8, 4) is 5.75 Å². The van der Waals surface area contributed by atoms with Gasteiger partial charge < -0.3 is 14.8 Å². The van der Waals surface area contributed by atoms with E-state index in [0.29, 0.717) is 23.5 Å². The molecule has 6 heteroatoms. The van der Waals surface area contributed by atoms with Gasteiger partial charge in [-0.25, -0.2) is 0 Å². The van der Waals surface area contributed by atoms with Crippen LogP contribution in [-0.4, -0.2) is 42.1 Å². The number of aryl methyl sites for hydroxylation is 1. The summed E-state index contributed by atoms with van der Waals surface area (Å²) in [6.45, 7) is 12.3. The standard InChI is InChI=1S/C26H32N2O4/c1-16(2)31-15-14-28-25(29)23(20-10-12-21(13-11-20)32-17(3)4)24(26(28)30)27-22-9-7-8-18(5)19(22)6/h7-13,16-17,27H,14-15H2,1-6H3. The maximum atomic E-state index is 13.3. The van der Waals surface area contributed by atoms with Crippen molar-refractivity contribution in [1.82, 2.24) is 4.90 Å². The number of imide groups is 1. The monoisotopic (exact) mass is 436 g/mol. The van der Waals surface area contributed by atoms with Gasteiger partial charge in [0.1, 0.15) is 11.4 Å². The Morgan fingerprint density at radius 1 is 0.906 bits per heavy atom. The Kier molecular flexibility index (Phi) is 7.36. The molecule has 1 aliphatic heterocycles. The molecule has 2 amide bonds. The van der Waals surface area contributed by atoms with Crippen LogP contribution in [0, 0.1) is 13.8 Å². The minimum absolute atomic E-state index is 0.0243. The average molecular weight is 437 g/mol. The summed E-state index contributed by atoms with van der Waals surface area (Å²) in [5, 5.41) is 3.25. The molecule has 1 N–H and O–H groups in total. The highest BCUT2D eigenvalue weighted by Gasteiger charge is 2.39. The molecule has 32 heavy (non-hydrogen) atoms. The number of nitrogens with one attached hydrogen (secondary N) is 1. The van der Waals surface area contributed by atoms with Crippen LogP contribution in [-0.2, 0) is 14.3 Å². The van der Waals surface area contributed by atoms with Crippen molar-refractivity contribution in [1.29, 1.82) is 0 Å². The maximum Gasteiger partial charge on any atom is 0.278 e. The van der Waals surface area contributed by atoms with Gasteiger partial charge in [0.05, 0.1) is 30.9 Å². The molecular weight excluding hydrogens is 404 g/mol. The van der Waals surface area contributed by atoms with Crippen molar-refractivity contribution < 1.29 is 19.1 Å². The predicted octanol–water partition coefficient (Wildman–Crippen LogP) is 4.71. The van der Waals surface area contributed by atoms with Gasteiger partial charge in [0.25, 0.3) is 11.8 Å². The topological polar surface area (TPSA) is 67.9 Å². The smallest absolute Gasteiger partial charge is 0.278 e. The quantitative estimate of drug-likeness (QED) is 0.577. The molecule has 0 aliphatic carbocycles. The van der Waals surface area contributed by atoms with Gasteiger partial charge in [-0.1, -0.05) is 24.3 Å². The summed E-state index contributed by atoms with van der Waals surface area (Å²) in [4.78, 5) is 27.9. The third kappa shape index (κ3) is 5.19. The highest BCUT2D eigenvalue weighted by molar-refractivity contribution is 6.36. The predicted molar refractivity (Wildman–Crippen MR) is 126 cm³/mol. The molecule has 3 rings (SSSR count). The van der Waals surface area contributed by atoms with Gasteiger partial charge >= 0.3 is 0 Å². The molecule has 0 unspecified atom stereocenters. The summed E-state index contributed by atoms with van der Waals surface area (Å²) in [6.07, 6.45) is 0.0732. The minimum atomic E-state index is -0.347. The zero-order valence-electron chi connectivity index (χ0n) is 19.7. The summed E-state index contributed by atoms with van der Waals surface area (Å²) >= 11 is 0. The number of carbonyl (C=O) groups excluding carboxylic acids is 2. The van der Waals surface area contributed by atoms with Crippen LogP contribution in [0.2, 0.25) is 0 Å². The molecule has 2 aromatic carbocycles. The van der Waals surface area contributed by atoms with Gasteiger partial charge in [0, 0.05) is 5.69 Å². The summed E-state index contributed by atoms with van der Waals surface area (Å²) in [6, 6.07) is 13.1. The van der Waals surface area contributed by atoms with Gasteiger partial charge in [-0.2, -0.15) is 0 Å². The number of carbonyl (C=O) groups is 2. The van der Waals surface area contributed by atoms with Crippen molar-refractivity contribution in [3.63, 3.8) is 0 Å². The molecule has 0 saturated carbocycles. The van der Waals surface area contributed by atoms with E-state index < -0.39 is 0 Å². The first-order chi connectivity index (χ1) is 15.2. The summed E-state index contributed by atoms with van der Waals surface area (Å²) in [5.74, 6) is 0.0424. The van der Waals surface area contributed by atoms with E-state index in [1.165, 1.54) is 4.90 Å². The number of ether oxygens (including phenoxy) is 2. The molecule has 1 heterocycles. The van der Waals surface area contributed by atoms with Crippen LogP contribution in [0.5, 0.6) is 5.75 Å². The number of benzene rings is 2. The van der Waals surface area contributed by atoms with E-state index in [4.69, 9.17) is 9.47 Å². The average Bonchev–Trinajstić information content (AvgIpc) is 2.95. The highest BCUT2D eigenvalue weighted by Crippen LogP contribution is 2.32. The van der Waals surface area contributed by atoms with E-state index in [1.807, 2.05) is 84.0 Å². The van der Waals surface area contributed by atoms with E-state index in [2.05, 4.69) is 5.32 Å². The lowest BCUT2D eigenvalue weighted by Crippen LogP contribution is -2.35. The lowest BCUT2D eigenvalue weighted by molar-refractivity contribution is -0.137. The molecule has 0 atom stereocenters. The second-order valence-electron chi connectivity index (χ2n) is 8.49. The van der Waals surface area contributed by atoms with E-state index in [9.17, 15) is 9.59 Å². The molecule has 6 nitrogen and oxygen atoms in total. The Bertz CT molecular complexity index is 1020. The van der Waals surface area contributed by atoms with Crippen LogP contribution >= 0.6 is 0 Å². The van der Waals surface area contributed by atoms with Crippen LogP contribution in [0.4, 0.5) is 5.69 Å². The lowest BCUT2D eigenvalue weighted by atomic mass is 10.0. The van der Waals surface area contributed by atoms with E-state index in [1.54, 1.807) is 0 Å². The van der Waals surface area contributed by atoms with Crippen molar-refractivity contribution in [3.05, 3.63) is 64.9 Å². The zero-order chi connectivity index (χ0) is 23.4. The van der Waals surface area contributed by atoms with Crippen LogP contribution in [0.1, 0.15) is 44.4 Å². The first-order valence-electron chi connectivity index (χ1n) is 11.0. The summed E-state index contributed by atoms with van der Waals surface area (Å²) < 4.78 is 11.3. The number of nitrogens with zero attached hydrogens (tertiary/aromatic N) is 1. The first kappa shape index (κ1) is 23.5. The van der Waals surface area contributed by atoms with Crippen molar-refractivity contribution in [2.24, 2.45) is 0 Å². The van der Waals surface area contributed by atoms with Crippen LogP contribution in [0.25, 0.3) is 5.57 Å². The van der Waals surface area contributed by atoms with Crippen molar-refractivity contribution in [2.45, 2.75) is 53.8 Å². The molecule has 0 fully saturated rings. The minimum Gasteiger partial charge on any atom is -0.491 e. The highest BCUT2D eigenvalue weighted by atomic mass is 16.5. The second kappa shape index (κ2) is 10.0. The van der Waals surface area contributed by atoms with E-state index in [0.717, 1.165) is 16.8 Å². The molecule has 0 radical (unpaired) electrons. The van der Waals surface area contributed by atoms with Crippen LogP contribution in [0.15, 0.2) is 48.2 Å². The number of rotatable bonds is 9. The number of amides is 2. The third-order valence-electron chi connectivity index (χ3n) is 5.31. The van der Waals surface area contributed by atoms with Crippen molar-refractivity contribution >= 4 is 23.1 Å². The number of hydrogen-bond donors (Lipinski definition) is 1. The molecule has 0 saturated heterocycles. The van der Waals surface area contributed by atoms with Gasteiger partial charge in [0.2, 0.25) is 0 Å². The second-order valence-corrected chi connectivity index (χ2v) is 8.49. The molecule has 0 aromatic heterocycles. The maximum absolute atomic E-state index is 13.3. The van der Waals surface area contributed by atoms with Gasteiger partial charge in [-0.05, 0) is 76.4 Å². The first-order valence-corrected chi connectivity index (χ1v) is 11.0. The van der Waals surface area contributed by atoms with Crippen molar-refractivity contribution in [2.75, 3.05) is 18.5 Å². The van der Waals surface area contributed by atoms with Gasteiger partial charge in [-0.15, -0.1) is 0 Å². The van der Waals surface area contributed by atoms with Gasteiger partial charge in [-0.3, -0.25) is 14.5 Å². The Morgan fingerprint density at radius 2 is 1.59 bits per heavy atom. The number of hydrogen-bond acceptors (Lipinski definition) is 5. The molecule has 1 aliphatic rings. The Labute approximate surface area is 190 Å². The molecular formula is C26H32N2O4. The Balaban J connectivity index is 1.98. The lowest BCUT2D eigenvalue weighted by Gasteiger charge is -2.17. The fourth-order valence-electron chi connectivity index (χ4n) is 3.54. The third-order valence-corrected chi connectivity index (χ3v) is 5.31. The van der Waals surface area contributed by atoms with E-state index in [-0.39, 0.29) is 36.3 Å². The SMILES string of the molecule is Cc1cccc(NC2=C(c3ccc(OC(C)C)cc3)C(=O)N(CCOC(C)C)C2=O)c1C. The normalized spacial score (nSPS) is 14.2. The molecule has 2 aromatic rings. The number of anilines is 1. The van der Waals surface area contributed by atoms with Gasteiger partial charge in [0.15, 0.2) is 0 Å². The zero-order valence-corrected chi connectivity index (χ0v) is 19.7.